The van der Waals surface area contributed by atoms with E-state index in [4.69, 9.17) is 48.9 Å². The molecule has 8 rings (SSSR count). The third-order valence-corrected chi connectivity index (χ3v) is 17.3. The Morgan fingerprint density at radius 1 is 0.849 bits per heavy atom. The zero-order valence-corrected chi connectivity index (χ0v) is 41.8. The number of aromatic nitrogens is 10. The number of aliphatic hydroxyl groups excluding tert-OH is 3. The molecule has 0 bridgehead atoms. The molecular formula is C35H50N12O22P3S+. The van der Waals surface area contributed by atoms with Crippen molar-refractivity contribution in [3.8, 4) is 0 Å². The summed E-state index contributed by atoms with van der Waals surface area (Å²) in [5, 5.41) is 31.8. The molecule has 8 heterocycles. The number of aromatic amines is 2. The van der Waals surface area contributed by atoms with Crippen LogP contribution in [-0.4, -0.2) is 168 Å². The molecule has 3 saturated heterocycles. The molecule has 5 aromatic heterocycles. The van der Waals surface area contributed by atoms with E-state index in [2.05, 4.69) is 33.5 Å². The van der Waals surface area contributed by atoms with Crippen molar-refractivity contribution in [1.82, 2.24) is 43.6 Å². The number of nitrogen functional groups attached to an aromatic ring is 2. The zero-order chi connectivity index (χ0) is 52.7. The number of ether oxygens (including phenoxy) is 6. The standard InChI is InChI=1S/C35H49N12O22P3S/c1-44-13-47(29-21(44)30(52)43-34(37)42-29)31-22(49)15(5-7-60-2)16(65-31)9-63-70(54,55)68-72(58,59)69-71(56,57)64-10-18-26(25(61-3)33(67-18)46-12-40-20-27(36)38-11-39-28(20)46)73-14-62-8-17-23(50)24(51)32(66-17)45-6-4-19(48)41-35(45)53/h4,6,11-13,15-18,22-26,31-33,49-51H,5,7-10,14H2,1-3H3,(H8-,36,37,38,39,41,42,43,48,52,53,54,55,56,57,58,59)/p+1/t15-,16-,17-,18-,22-,23-,24-,25-,26-,31-,32-,33-/m1/s1. The number of methoxy groups -OCH3 is 2. The molecule has 0 aliphatic carbocycles. The molecule has 34 nitrogen and oxygen atoms in total. The molecule has 0 aromatic carbocycles. The third-order valence-electron chi connectivity index (χ3n) is 11.8. The molecule has 0 amide bonds. The Balaban J connectivity index is 0.914. The lowest BCUT2D eigenvalue weighted by Gasteiger charge is -2.24. The second kappa shape index (κ2) is 22.0. The molecular weight excluding hydrogens is 1070 g/mol. The van der Waals surface area contributed by atoms with Gasteiger partial charge in [0.25, 0.3) is 17.1 Å². The number of phosphoric acid groups is 3. The fourth-order valence-electron chi connectivity index (χ4n) is 8.50. The van der Waals surface area contributed by atoms with Crippen molar-refractivity contribution in [2.24, 2.45) is 13.0 Å². The highest BCUT2D eigenvalue weighted by Crippen LogP contribution is 2.68. The summed E-state index contributed by atoms with van der Waals surface area (Å²) in [6, 6.07) is 1.02. The molecule has 3 fully saturated rings. The highest BCUT2D eigenvalue weighted by atomic mass is 32.2. The highest BCUT2D eigenvalue weighted by Gasteiger charge is 2.52. The summed E-state index contributed by atoms with van der Waals surface area (Å²) in [5.41, 5.74) is 10.0. The van der Waals surface area contributed by atoms with Gasteiger partial charge in [-0.25, -0.2) is 38.0 Å². The summed E-state index contributed by atoms with van der Waals surface area (Å²) in [7, 11) is -13.3. The van der Waals surface area contributed by atoms with Crippen LogP contribution in [0.2, 0.25) is 0 Å². The molecule has 0 radical (unpaired) electrons. The zero-order valence-electron chi connectivity index (χ0n) is 38.3. The van der Waals surface area contributed by atoms with Crippen molar-refractivity contribution >= 4 is 69.3 Å². The summed E-state index contributed by atoms with van der Waals surface area (Å²) in [6.07, 6.45) is -7.93. The number of anilines is 2. The first kappa shape index (κ1) is 54.8. The second-order valence-corrected chi connectivity index (χ2v) is 22.2. The van der Waals surface area contributed by atoms with Gasteiger partial charge in [0.15, 0.2) is 30.2 Å². The first-order valence-electron chi connectivity index (χ1n) is 21.4. The number of nitrogens with zero attached hydrogens (tertiary/aromatic N) is 8. The van der Waals surface area contributed by atoms with Crippen LogP contribution in [0.4, 0.5) is 11.8 Å². The number of thioether (sulfide) groups is 1. The highest BCUT2D eigenvalue weighted by molar-refractivity contribution is 7.99. The second-order valence-electron chi connectivity index (χ2n) is 16.5. The molecule has 0 spiro atoms. The number of aryl methyl sites for hydroxylation is 1. The van der Waals surface area contributed by atoms with Gasteiger partial charge in [-0.1, -0.05) is 4.98 Å². The quantitative estimate of drug-likeness (QED) is 0.0143. The number of H-pyrrole nitrogens is 2. The van der Waals surface area contributed by atoms with Gasteiger partial charge in [0.1, 0.15) is 42.4 Å². The van der Waals surface area contributed by atoms with E-state index >= 15 is 0 Å². The first-order valence-corrected chi connectivity index (χ1v) is 27.0. The molecule has 3 aliphatic heterocycles. The van der Waals surface area contributed by atoms with Gasteiger partial charge >= 0.3 is 34.8 Å². The van der Waals surface area contributed by atoms with E-state index in [1.807, 2.05) is 4.98 Å². The largest absolute Gasteiger partial charge is 0.490 e. The molecule has 3 aliphatic rings. The fourth-order valence-corrected chi connectivity index (χ4v) is 13.2. The lowest BCUT2D eigenvalue weighted by atomic mass is 9.95. The molecule has 0 saturated carbocycles. The molecule has 402 valence electrons. The van der Waals surface area contributed by atoms with Gasteiger partial charge in [0.05, 0.1) is 56.6 Å². The third kappa shape index (κ3) is 11.9. The fraction of sp³-hybridized carbons (Fsp3) is 0.600. The number of aliphatic hydroxyl groups is 3. The number of nitrogens with two attached hydrogens (primary N) is 2. The lowest BCUT2D eigenvalue weighted by molar-refractivity contribution is -0.745. The predicted molar refractivity (Wildman–Crippen MR) is 243 cm³/mol. The van der Waals surface area contributed by atoms with Crippen molar-refractivity contribution < 1.29 is 94.4 Å². The maximum atomic E-state index is 13.3. The number of phosphoric ester groups is 2. The maximum Gasteiger partial charge on any atom is 0.490 e. The van der Waals surface area contributed by atoms with Crippen molar-refractivity contribution in [3.63, 3.8) is 0 Å². The SMILES string of the molecule is COCC[C@H]1[C@@H](O)[C@H]([n+]2cn(C)c3c(=O)[nH]c(N)nc32)O[C@@H]1COP(=O)(O)OP(=O)(O)OP(=O)(O)OC[C@H]1O[C@@H](n2cnc3c(N)ncnc32)[C@H](OC)[C@@H]1SCOC[C@H]1O[C@@H](n2ccc(=O)[nH]c2=O)[C@H](O)[C@@H]1O. The first-order chi connectivity index (χ1) is 34.5. The van der Waals surface area contributed by atoms with E-state index in [0.717, 1.165) is 28.6 Å². The Bertz CT molecular complexity index is 3120. The van der Waals surface area contributed by atoms with Gasteiger partial charge in [-0.15, -0.1) is 11.8 Å². The van der Waals surface area contributed by atoms with Gasteiger partial charge < -0.3 is 69.9 Å². The lowest BCUT2D eigenvalue weighted by Crippen LogP contribution is -2.45. The Labute approximate surface area is 412 Å². The minimum Gasteiger partial charge on any atom is -0.387 e. The Morgan fingerprint density at radius 2 is 1.55 bits per heavy atom. The Kier molecular flexibility index (Phi) is 16.6. The van der Waals surface area contributed by atoms with Gasteiger partial charge in [0, 0.05) is 39.0 Å². The van der Waals surface area contributed by atoms with Gasteiger partial charge in [0.2, 0.25) is 11.7 Å². The van der Waals surface area contributed by atoms with Crippen LogP contribution in [0.3, 0.4) is 0 Å². The van der Waals surface area contributed by atoms with Gasteiger partial charge in [-0.05, 0) is 6.42 Å². The van der Waals surface area contributed by atoms with E-state index < -0.39 is 126 Å². The van der Waals surface area contributed by atoms with Gasteiger partial charge in [-0.3, -0.25) is 42.3 Å². The number of nitrogens with one attached hydrogen (secondary N) is 2. The number of hydrogen-bond acceptors (Lipinski definition) is 26. The average Bonchev–Trinajstić information content (AvgIpc) is 4.11. The van der Waals surface area contributed by atoms with E-state index in [-0.39, 0.29) is 59.7 Å². The minimum atomic E-state index is -6.04. The Hall–Kier alpha value is -4.42. The van der Waals surface area contributed by atoms with Crippen LogP contribution in [0.5, 0.6) is 0 Å². The minimum absolute atomic E-state index is 0.0221. The van der Waals surface area contributed by atoms with Gasteiger partial charge in [-0.2, -0.15) is 8.62 Å². The van der Waals surface area contributed by atoms with Crippen molar-refractivity contribution in [1.29, 1.82) is 0 Å². The summed E-state index contributed by atoms with van der Waals surface area (Å²) in [4.78, 5) is 89.1. The van der Waals surface area contributed by atoms with E-state index in [1.165, 1.54) is 54.0 Å². The van der Waals surface area contributed by atoms with Crippen molar-refractivity contribution in [2.45, 2.75) is 73.1 Å². The normalized spacial score (nSPS) is 30.0. The van der Waals surface area contributed by atoms with Crippen LogP contribution >= 0.6 is 35.2 Å². The number of rotatable bonds is 22. The van der Waals surface area contributed by atoms with E-state index in [0.29, 0.717) is 0 Å². The predicted octanol–water partition coefficient (Wildman–Crippen LogP) is -3.01. The average molecular weight is 1120 g/mol. The summed E-state index contributed by atoms with van der Waals surface area (Å²) >= 11 is 0.991. The molecule has 12 N–H and O–H groups in total. The van der Waals surface area contributed by atoms with Crippen LogP contribution in [0, 0.1) is 5.92 Å². The Morgan fingerprint density at radius 3 is 2.23 bits per heavy atom. The maximum absolute atomic E-state index is 13.3. The van der Waals surface area contributed by atoms with Crippen LogP contribution in [-0.2, 0) is 66.8 Å². The van der Waals surface area contributed by atoms with Crippen LogP contribution in [0.1, 0.15) is 25.1 Å². The van der Waals surface area contributed by atoms with Crippen molar-refractivity contribution in [3.05, 3.63) is 62.4 Å². The summed E-state index contributed by atoms with van der Waals surface area (Å²) < 4.78 is 97.9. The monoisotopic (exact) mass is 1120 g/mol. The molecule has 38 heteroatoms. The van der Waals surface area contributed by atoms with Crippen molar-refractivity contribution in [2.75, 3.05) is 58.1 Å². The smallest absolute Gasteiger partial charge is 0.387 e. The van der Waals surface area contributed by atoms with E-state index in [9.17, 15) is 58.1 Å². The summed E-state index contributed by atoms with van der Waals surface area (Å²) in [6.45, 7) is -2.07. The number of hydrogen-bond donors (Lipinski definition) is 10. The van der Waals surface area contributed by atoms with Crippen LogP contribution in [0.25, 0.3) is 22.3 Å². The number of fused-ring (bicyclic) bond motifs is 2. The molecule has 3 unspecified atom stereocenters. The summed E-state index contributed by atoms with van der Waals surface area (Å²) in [5.74, 6) is -1.34. The topological polar surface area (TPSA) is 470 Å². The number of imidazole rings is 2. The van der Waals surface area contributed by atoms with E-state index in [1.54, 1.807) is 0 Å². The van der Waals surface area contributed by atoms with Crippen LogP contribution < -0.4 is 32.8 Å². The molecule has 15 atom stereocenters. The van der Waals surface area contributed by atoms with Crippen LogP contribution in [0.15, 0.2) is 45.6 Å². The molecule has 5 aromatic rings. The molecule has 73 heavy (non-hydrogen) atoms.